The van der Waals surface area contributed by atoms with Crippen LogP contribution < -0.4 is 5.32 Å². The SMILES string of the molecule is Fc1cccc(Cl)c1CNc1cc(C(F)(F)F)ccc1Cl. The number of hydrogen-bond donors (Lipinski definition) is 1. The van der Waals surface area contributed by atoms with Gasteiger partial charge in [-0.3, -0.25) is 0 Å². The normalized spacial score (nSPS) is 11.5. The lowest BCUT2D eigenvalue weighted by molar-refractivity contribution is -0.137. The second kappa shape index (κ2) is 6.12. The Morgan fingerprint density at radius 3 is 2.33 bits per heavy atom. The number of alkyl halides is 3. The molecule has 1 N–H and O–H groups in total. The lowest BCUT2D eigenvalue weighted by atomic mass is 10.1. The van der Waals surface area contributed by atoms with E-state index in [1.165, 1.54) is 18.2 Å². The molecule has 7 heteroatoms. The molecule has 2 rings (SSSR count). The van der Waals surface area contributed by atoms with E-state index in [0.29, 0.717) is 0 Å². The summed E-state index contributed by atoms with van der Waals surface area (Å²) < 4.78 is 51.5. The van der Waals surface area contributed by atoms with Crippen LogP contribution in [0.5, 0.6) is 0 Å². The molecule has 0 saturated carbocycles. The van der Waals surface area contributed by atoms with Crippen molar-refractivity contribution in [3.63, 3.8) is 0 Å². The lowest BCUT2D eigenvalue weighted by Crippen LogP contribution is -2.07. The maximum Gasteiger partial charge on any atom is 0.416 e. The second-order valence-electron chi connectivity index (χ2n) is 4.25. The molecular formula is C14H9Cl2F4N. The van der Waals surface area contributed by atoms with E-state index in [1.807, 2.05) is 0 Å². The van der Waals surface area contributed by atoms with Gasteiger partial charge in [0.2, 0.25) is 0 Å². The molecular weight excluding hydrogens is 329 g/mol. The Balaban J connectivity index is 2.24. The average molecular weight is 338 g/mol. The largest absolute Gasteiger partial charge is 0.416 e. The average Bonchev–Trinajstić information content (AvgIpc) is 2.38. The van der Waals surface area contributed by atoms with Gasteiger partial charge >= 0.3 is 6.18 Å². The third-order valence-electron chi connectivity index (χ3n) is 2.81. The number of anilines is 1. The summed E-state index contributed by atoms with van der Waals surface area (Å²) >= 11 is 11.7. The highest BCUT2D eigenvalue weighted by Crippen LogP contribution is 2.34. The Morgan fingerprint density at radius 2 is 1.71 bits per heavy atom. The molecule has 0 atom stereocenters. The minimum absolute atomic E-state index is 0.0609. The van der Waals surface area contributed by atoms with Crippen LogP contribution in [0.1, 0.15) is 11.1 Å². The fourth-order valence-corrected chi connectivity index (χ4v) is 2.14. The van der Waals surface area contributed by atoms with Crippen molar-refractivity contribution in [3.05, 3.63) is 63.4 Å². The molecule has 0 spiro atoms. The van der Waals surface area contributed by atoms with Crippen molar-refractivity contribution in [1.82, 2.24) is 0 Å². The van der Waals surface area contributed by atoms with E-state index in [0.717, 1.165) is 18.2 Å². The highest BCUT2D eigenvalue weighted by Gasteiger charge is 2.30. The molecule has 21 heavy (non-hydrogen) atoms. The van der Waals surface area contributed by atoms with Crippen LogP contribution in [0.25, 0.3) is 0 Å². The van der Waals surface area contributed by atoms with Crippen LogP contribution in [0.4, 0.5) is 23.2 Å². The monoisotopic (exact) mass is 337 g/mol. The number of nitrogens with one attached hydrogen (secondary N) is 1. The zero-order valence-electron chi connectivity index (χ0n) is 10.4. The summed E-state index contributed by atoms with van der Waals surface area (Å²) in [5, 5.41) is 2.96. The van der Waals surface area contributed by atoms with Crippen LogP contribution in [0.15, 0.2) is 36.4 Å². The molecule has 0 unspecified atom stereocenters. The third-order valence-corrected chi connectivity index (χ3v) is 3.49. The molecule has 1 nitrogen and oxygen atoms in total. The molecule has 0 aliphatic rings. The van der Waals surface area contributed by atoms with Gasteiger partial charge in [-0.15, -0.1) is 0 Å². The molecule has 2 aromatic rings. The van der Waals surface area contributed by atoms with E-state index < -0.39 is 17.6 Å². The molecule has 0 aliphatic heterocycles. The highest BCUT2D eigenvalue weighted by molar-refractivity contribution is 6.33. The summed E-state index contributed by atoms with van der Waals surface area (Å²) in [4.78, 5) is 0. The summed E-state index contributed by atoms with van der Waals surface area (Å²) in [6.07, 6.45) is -4.48. The highest BCUT2D eigenvalue weighted by atomic mass is 35.5. The summed E-state index contributed by atoms with van der Waals surface area (Å²) in [7, 11) is 0. The predicted molar refractivity (Wildman–Crippen MR) is 75.2 cm³/mol. The minimum Gasteiger partial charge on any atom is -0.380 e. The van der Waals surface area contributed by atoms with Gasteiger partial charge in [0.25, 0.3) is 0 Å². The molecule has 0 fully saturated rings. The van der Waals surface area contributed by atoms with Gasteiger partial charge in [-0.1, -0.05) is 29.3 Å². The Bertz CT molecular complexity index is 636. The molecule has 0 bridgehead atoms. The van der Waals surface area contributed by atoms with E-state index in [1.54, 1.807) is 0 Å². The summed E-state index contributed by atoms with van der Waals surface area (Å²) in [6, 6.07) is 7.04. The van der Waals surface area contributed by atoms with Gasteiger partial charge in [-0.25, -0.2) is 4.39 Å². The standard InChI is InChI=1S/C14H9Cl2F4N/c15-10-2-1-3-12(17)9(10)7-21-13-6-8(14(18,19)20)4-5-11(13)16/h1-6,21H,7H2. The summed E-state index contributed by atoms with van der Waals surface area (Å²) in [5.74, 6) is -0.543. The van der Waals surface area contributed by atoms with E-state index >= 15 is 0 Å². The quantitative estimate of drug-likeness (QED) is 0.701. The molecule has 0 heterocycles. The van der Waals surface area contributed by atoms with Crippen LogP contribution in [-0.2, 0) is 12.7 Å². The van der Waals surface area contributed by atoms with Crippen molar-refractivity contribution in [2.24, 2.45) is 0 Å². The maximum absolute atomic E-state index is 13.6. The van der Waals surface area contributed by atoms with Gasteiger partial charge in [0.05, 0.1) is 16.3 Å². The predicted octanol–water partition coefficient (Wildman–Crippen LogP) is 5.76. The van der Waals surface area contributed by atoms with Crippen molar-refractivity contribution in [2.45, 2.75) is 12.7 Å². The first-order valence-corrected chi connectivity index (χ1v) is 6.58. The number of benzene rings is 2. The van der Waals surface area contributed by atoms with Crippen LogP contribution in [0.2, 0.25) is 10.0 Å². The fourth-order valence-electron chi connectivity index (χ4n) is 1.72. The topological polar surface area (TPSA) is 12.0 Å². The van der Waals surface area contributed by atoms with Crippen molar-refractivity contribution in [1.29, 1.82) is 0 Å². The molecule has 0 radical (unpaired) electrons. The summed E-state index contributed by atoms with van der Waals surface area (Å²) in [5.41, 5.74) is -0.618. The van der Waals surface area contributed by atoms with Gasteiger partial charge < -0.3 is 5.32 Å². The first kappa shape index (κ1) is 15.9. The zero-order chi connectivity index (χ0) is 15.6. The van der Waals surface area contributed by atoms with Crippen molar-refractivity contribution >= 4 is 28.9 Å². The number of rotatable bonds is 3. The molecule has 2 aromatic carbocycles. The van der Waals surface area contributed by atoms with Crippen molar-refractivity contribution in [2.75, 3.05) is 5.32 Å². The van der Waals surface area contributed by atoms with Gasteiger partial charge in [0.1, 0.15) is 5.82 Å². The molecule has 0 saturated heterocycles. The number of hydrogen-bond acceptors (Lipinski definition) is 1. The van der Waals surface area contributed by atoms with Crippen LogP contribution in [0.3, 0.4) is 0 Å². The Morgan fingerprint density at radius 1 is 1.00 bits per heavy atom. The Hall–Kier alpha value is -1.46. The van der Waals surface area contributed by atoms with Gasteiger partial charge in [0, 0.05) is 17.1 Å². The first-order valence-electron chi connectivity index (χ1n) is 5.82. The van der Waals surface area contributed by atoms with Crippen LogP contribution in [-0.4, -0.2) is 0 Å². The van der Waals surface area contributed by atoms with Crippen LogP contribution >= 0.6 is 23.2 Å². The Labute approximate surface area is 128 Å². The smallest absolute Gasteiger partial charge is 0.380 e. The zero-order valence-corrected chi connectivity index (χ0v) is 12.0. The molecule has 0 aromatic heterocycles. The first-order chi connectivity index (χ1) is 9.79. The Kier molecular flexibility index (Phi) is 4.64. The second-order valence-corrected chi connectivity index (χ2v) is 5.06. The van der Waals surface area contributed by atoms with E-state index in [9.17, 15) is 17.6 Å². The molecule has 0 amide bonds. The number of halogens is 6. The van der Waals surface area contributed by atoms with Crippen molar-refractivity contribution < 1.29 is 17.6 Å². The molecule has 0 aliphatic carbocycles. The van der Waals surface area contributed by atoms with Gasteiger partial charge in [-0.05, 0) is 30.3 Å². The lowest BCUT2D eigenvalue weighted by Gasteiger charge is -2.13. The summed E-state index contributed by atoms with van der Waals surface area (Å²) in [6.45, 7) is -0.0768. The van der Waals surface area contributed by atoms with Crippen molar-refractivity contribution in [3.8, 4) is 0 Å². The van der Waals surface area contributed by atoms with Crippen LogP contribution in [0, 0.1) is 5.82 Å². The van der Waals surface area contributed by atoms with Gasteiger partial charge in [0.15, 0.2) is 0 Å². The van der Waals surface area contributed by atoms with E-state index in [4.69, 9.17) is 23.2 Å². The van der Waals surface area contributed by atoms with Gasteiger partial charge in [-0.2, -0.15) is 13.2 Å². The maximum atomic E-state index is 13.6. The minimum atomic E-state index is -4.48. The fraction of sp³-hybridized carbons (Fsp3) is 0.143. The van der Waals surface area contributed by atoms with E-state index in [2.05, 4.69) is 5.32 Å². The van der Waals surface area contributed by atoms with E-state index in [-0.39, 0.29) is 27.8 Å². The third kappa shape index (κ3) is 3.80. The molecule has 112 valence electrons.